The van der Waals surface area contributed by atoms with Gasteiger partial charge in [-0.15, -0.1) is 11.8 Å². The second kappa shape index (κ2) is 23.7. The van der Waals surface area contributed by atoms with E-state index in [1.165, 1.54) is 18.2 Å². The summed E-state index contributed by atoms with van der Waals surface area (Å²) in [5.74, 6) is -0.0854. The topological polar surface area (TPSA) is 221 Å². The number of carbonyl (C=O) groups excluding carboxylic acids is 4. The van der Waals surface area contributed by atoms with Crippen LogP contribution in [0, 0.1) is 5.41 Å². The largest absolute Gasteiger partial charge is 0.495 e. The van der Waals surface area contributed by atoms with Gasteiger partial charge in [0.1, 0.15) is 41.0 Å². The van der Waals surface area contributed by atoms with Crippen molar-refractivity contribution in [2.24, 2.45) is 10.4 Å². The van der Waals surface area contributed by atoms with E-state index in [4.69, 9.17) is 30.5 Å². The van der Waals surface area contributed by atoms with Crippen molar-refractivity contribution in [1.29, 1.82) is 0 Å². The summed E-state index contributed by atoms with van der Waals surface area (Å²) in [6.45, 7) is 14.5. The molecule has 4 atom stereocenters. The van der Waals surface area contributed by atoms with E-state index < -0.39 is 47.0 Å². The van der Waals surface area contributed by atoms with Gasteiger partial charge in [-0.3, -0.25) is 29.1 Å². The van der Waals surface area contributed by atoms with E-state index in [0.717, 1.165) is 5.56 Å². The molecule has 4 heterocycles. The highest BCUT2D eigenvalue weighted by Gasteiger charge is 2.53. The van der Waals surface area contributed by atoms with Gasteiger partial charge in [0.25, 0.3) is 11.8 Å². The van der Waals surface area contributed by atoms with Gasteiger partial charge in [-0.1, -0.05) is 44.5 Å². The van der Waals surface area contributed by atoms with Crippen molar-refractivity contribution in [3.05, 3.63) is 64.3 Å². The molecular formula is C50H68ClFN10O9S. The fraction of sp³-hybridized carbons (Fsp3) is 0.580. The first-order chi connectivity index (χ1) is 34.3. The molecule has 1 aromatic heterocycles. The number of thioether (sulfide) groups is 1. The number of likely N-dealkylation sites (tertiary alicyclic amines) is 1. The Balaban J connectivity index is 0.840. The van der Waals surface area contributed by atoms with E-state index in [0.29, 0.717) is 97.6 Å². The lowest BCUT2D eigenvalue weighted by atomic mass is 9.85. The fourth-order valence-corrected chi connectivity index (χ4v) is 10.1. The lowest BCUT2D eigenvalue weighted by Gasteiger charge is -2.35. The number of amides is 4. The van der Waals surface area contributed by atoms with Crippen molar-refractivity contribution < 1.29 is 47.6 Å². The van der Waals surface area contributed by atoms with Crippen LogP contribution >= 0.6 is 23.4 Å². The Labute approximate surface area is 429 Å². The van der Waals surface area contributed by atoms with Crippen LogP contribution in [0.5, 0.6) is 11.5 Å². The molecule has 4 aliphatic rings. The van der Waals surface area contributed by atoms with Crippen molar-refractivity contribution in [2.75, 3.05) is 97.1 Å². The van der Waals surface area contributed by atoms with E-state index in [-0.39, 0.29) is 62.3 Å². The van der Waals surface area contributed by atoms with E-state index in [1.807, 2.05) is 28.6 Å². The molecule has 1 aliphatic carbocycles. The number of aromatic nitrogens is 2. The minimum absolute atomic E-state index is 0.0152. The number of methoxy groups -OCH3 is 1. The lowest BCUT2D eigenvalue weighted by molar-refractivity contribution is -0.145. The van der Waals surface area contributed by atoms with Crippen LogP contribution in [0.2, 0.25) is 5.02 Å². The molecule has 0 bridgehead atoms. The fourth-order valence-electron chi connectivity index (χ4n) is 8.71. The number of hydrogen-bond acceptors (Lipinski definition) is 16. The van der Waals surface area contributed by atoms with Crippen LogP contribution in [-0.4, -0.2) is 175 Å². The Morgan fingerprint density at radius 1 is 0.986 bits per heavy atom. The van der Waals surface area contributed by atoms with E-state index in [9.17, 15) is 28.7 Å². The second-order valence-electron chi connectivity index (χ2n) is 20.0. The first-order valence-electron chi connectivity index (χ1n) is 24.3. The van der Waals surface area contributed by atoms with Gasteiger partial charge in [-0.2, -0.15) is 4.98 Å². The Hall–Kier alpha value is -5.32. The summed E-state index contributed by atoms with van der Waals surface area (Å²) in [7, 11) is 3.26. The molecule has 5 N–H and O–H groups in total. The average molecular weight is 1040 g/mol. The third-order valence-corrected chi connectivity index (χ3v) is 14.8. The van der Waals surface area contributed by atoms with Crippen LogP contribution in [-0.2, 0) is 30.4 Å². The number of hydrogen-bond donors (Lipinski definition) is 5. The summed E-state index contributed by atoms with van der Waals surface area (Å²) in [5.41, 5.74) is 1.58. The first kappa shape index (κ1) is 54.5. The second-order valence-corrected chi connectivity index (χ2v) is 21.4. The maximum atomic E-state index is 14.7. The van der Waals surface area contributed by atoms with Crippen molar-refractivity contribution >= 4 is 70.0 Å². The molecule has 0 spiro atoms. The third-order valence-electron chi connectivity index (χ3n) is 13.2. The quantitative estimate of drug-likeness (QED) is 0.0837. The Kier molecular flexibility index (Phi) is 17.9. The van der Waals surface area contributed by atoms with Gasteiger partial charge in [0.05, 0.1) is 67.9 Å². The third kappa shape index (κ3) is 13.6. The molecule has 7 rings (SSSR count). The van der Waals surface area contributed by atoms with Gasteiger partial charge in [0.15, 0.2) is 5.67 Å². The molecule has 0 radical (unpaired) electrons. The number of aliphatic hydroxyl groups is 1. The van der Waals surface area contributed by atoms with Gasteiger partial charge >= 0.3 is 0 Å². The molecule has 392 valence electrons. The number of nitrogens with zero attached hydrogens (tertiary/aromatic N) is 6. The summed E-state index contributed by atoms with van der Waals surface area (Å²) in [6.07, 6.45) is 0.762. The maximum Gasteiger partial charge on any atom is 0.258 e. The number of carbonyl (C=O) groups is 4. The Bertz CT molecular complexity index is 2450. The summed E-state index contributed by atoms with van der Waals surface area (Å²) in [4.78, 5) is 72.5. The van der Waals surface area contributed by atoms with Gasteiger partial charge in [-0.25, -0.2) is 9.37 Å². The van der Waals surface area contributed by atoms with Crippen LogP contribution in [0.3, 0.4) is 0 Å². The van der Waals surface area contributed by atoms with Gasteiger partial charge in [0, 0.05) is 70.4 Å². The molecule has 4 amide bonds. The van der Waals surface area contributed by atoms with E-state index in [1.54, 1.807) is 57.8 Å². The highest BCUT2D eigenvalue weighted by Crippen LogP contribution is 2.45. The van der Waals surface area contributed by atoms with Crippen molar-refractivity contribution in [1.82, 2.24) is 35.3 Å². The van der Waals surface area contributed by atoms with Crippen LogP contribution in [0.1, 0.15) is 80.6 Å². The van der Waals surface area contributed by atoms with Gasteiger partial charge in [0.2, 0.25) is 17.8 Å². The molecule has 3 fully saturated rings. The summed E-state index contributed by atoms with van der Waals surface area (Å²) >= 11 is 7.74. The minimum Gasteiger partial charge on any atom is -0.495 e. The van der Waals surface area contributed by atoms with Crippen molar-refractivity contribution in [3.8, 4) is 11.5 Å². The zero-order valence-electron chi connectivity index (χ0n) is 42.1. The van der Waals surface area contributed by atoms with Crippen LogP contribution in [0.15, 0.2) is 47.6 Å². The molecule has 22 heteroatoms. The number of β-amino-alcohol motifs (C(OH)–C–C–N with tert-alkyl or cyclic N) is 1. The number of anilines is 3. The number of halogens is 2. The van der Waals surface area contributed by atoms with E-state index >= 15 is 0 Å². The average Bonchev–Trinajstić information content (AvgIpc) is 3.83. The zero-order chi connectivity index (χ0) is 51.8. The number of benzene rings is 2. The summed E-state index contributed by atoms with van der Waals surface area (Å²) in [5, 5.41) is 22.7. The molecule has 2 saturated heterocycles. The molecule has 1 saturated carbocycles. The van der Waals surface area contributed by atoms with Crippen molar-refractivity contribution in [3.63, 3.8) is 0 Å². The lowest BCUT2D eigenvalue weighted by Crippen LogP contribution is -2.59. The number of aliphatic hydroxyl groups excluding tert-OH is 1. The van der Waals surface area contributed by atoms with Crippen LogP contribution < -0.4 is 30.7 Å². The number of rotatable bonds is 22. The van der Waals surface area contributed by atoms with Gasteiger partial charge < -0.3 is 55.1 Å². The molecule has 3 aromatic rings. The number of ether oxygens (including phenoxy) is 4. The Morgan fingerprint density at radius 2 is 1.71 bits per heavy atom. The molecule has 72 heavy (non-hydrogen) atoms. The normalized spacial score (nSPS) is 20.7. The highest BCUT2D eigenvalue weighted by atomic mass is 35.5. The Morgan fingerprint density at radius 3 is 2.38 bits per heavy atom. The number of piperazine rings is 1. The SMILES string of the molecule is CNc1nc(Nc2ccc(C(=O)N3CCN(CCOCCOCCOc4cc(C5SC=NC5(C)C)ccc4CNC(=O)C4C[C@@H](O)CN4C(=O)[C@@H](NC(=O)C4(F)CC4)C(C)(C)C)CC3)cc2OC)ncc1Cl. The van der Waals surface area contributed by atoms with Crippen LogP contribution in [0.4, 0.5) is 21.8 Å². The molecule has 2 aromatic carbocycles. The molecule has 3 aliphatic heterocycles. The highest BCUT2D eigenvalue weighted by molar-refractivity contribution is 8.12. The minimum atomic E-state index is -1.98. The predicted molar refractivity (Wildman–Crippen MR) is 274 cm³/mol. The predicted octanol–water partition coefficient (Wildman–Crippen LogP) is 5.00. The summed E-state index contributed by atoms with van der Waals surface area (Å²) < 4.78 is 38.3. The first-order valence-corrected chi connectivity index (χ1v) is 25.7. The van der Waals surface area contributed by atoms with Crippen LogP contribution in [0.25, 0.3) is 0 Å². The molecule has 19 nitrogen and oxygen atoms in total. The molecular weight excluding hydrogens is 971 g/mol. The standard InChI is InChI=1S/C50H68ClFN10O9S/c1-48(2,3)40(58-46(67)50(52)12-13-50)45(66)62-29-34(63)26-37(62)43(64)54-27-33-9-8-31(41-49(4,5)56-30-72-41)24-38(33)71-23-22-70-21-20-69-19-18-60-14-16-61(17-15-60)44(65)32-10-11-36(39(25-32)68-7)57-47-55-28-35(51)42(53-6)59-47/h8-11,24-25,28,30,34,37,40-41,63H,12-23,26-27,29H2,1-7H3,(H,54,64)(H,58,67)(H2,53,55,57,59)/t34-,37?,40-,41?/m1/s1. The molecule has 2 unspecified atom stereocenters. The zero-order valence-corrected chi connectivity index (χ0v) is 43.7. The number of aliphatic imine (C=N–C) groups is 1. The van der Waals surface area contributed by atoms with E-state index in [2.05, 4.69) is 55.0 Å². The summed E-state index contributed by atoms with van der Waals surface area (Å²) in [6, 6.07) is 8.98. The van der Waals surface area contributed by atoms with Crippen molar-refractivity contribution in [2.45, 2.75) is 95.1 Å². The van der Waals surface area contributed by atoms with Gasteiger partial charge in [-0.05, 0) is 61.9 Å². The maximum absolute atomic E-state index is 14.7. The smallest absolute Gasteiger partial charge is 0.258 e. The monoisotopic (exact) mass is 1040 g/mol. The number of nitrogens with one attached hydrogen (secondary N) is 4. The number of alkyl halides is 1.